The van der Waals surface area contributed by atoms with Crippen LogP contribution in [0.4, 0.5) is 0 Å². The van der Waals surface area contributed by atoms with E-state index in [1.807, 2.05) is 0 Å². The number of sulfone groups is 1. The minimum absolute atomic E-state index is 0.0404. The molecule has 3 aromatic carbocycles. The number of fused-ring (bicyclic) bond motifs is 1. The maximum Gasteiger partial charge on any atom is 0.338 e. The lowest BCUT2D eigenvalue weighted by Gasteiger charge is -2.24. The Kier molecular flexibility index (Phi) is 11.4. The van der Waals surface area contributed by atoms with Crippen molar-refractivity contribution in [2.75, 3.05) is 25.2 Å². The first-order chi connectivity index (χ1) is 22.8. The Morgan fingerprint density at radius 3 is 1.60 bits per heavy atom. The van der Waals surface area contributed by atoms with Gasteiger partial charge in [-0.2, -0.15) is 0 Å². The molecule has 1 aliphatic heterocycles. The van der Waals surface area contributed by atoms with E-state index in [2.05, 4.69) is 0 Å². The van der Waals surface area contributed by atoms with E-state index in [0.717, 1.165) is 6.26 Å². The van der Waals surface area contributed by atoms with Crippen LogP contribution in [0.5, 0.6) is 0 Å². The van der Waals surface area contributed by atoms with E-state index >= 15 is 0 Å². The zero-order valence-corrected chi connectivity index (χ0v) is 27.2. The molecule has 1 heterocycles. The molecule has 0 saturated heterocycles. The van der Waals surface area contributed by atoms with Crippen LogP contribution in [0.25, 0.3) is 0 Å². The lowest BCUT2D eigenvalue weighted by atomic mass is 10.1. The highest BCUT2D eigenvalue weighted by molar-refractivity contribution is 7.90. The number of imide groups is 1. The third kappa shape index (κ3) is 8.70. The van der Waals surface area contributed by atoms with Gasteiger partial charge >= 0.3 is 23.9 Å². The van der Waals surface area contributed by atoms with Crippen LogP contribution in [0, 0.1) is 0 Å². The Labute approximate surface area is 276 Å². The molecule has 13 nitrogen and oxygen atoms in total. The molecule has 0 N–H and O–H groups in total. The van der Waals surface area contributed by atoms with E-state index in [1.165, 1.54) is 54.6 Å². The van der Waals surface area contributed by atoms with Gasteiger partial charge in [-0.1, -0.05) is 24.3 Å². The first-order valence-corrected chi connectivity index (χ1v) is 16.9. The highest BCUT2D eigenvalue weighted by Crippen LogP contribution is 2.28. The quantitative estimate of drug-likeness (QED) is 0.138. The average molecular weight is 680 g/mol. The van der Waals surface area contributed by atoms with Gasteiger partial charge in [0.15, 0.2) is 0 Å². The third-order valence-electron chi connectivity index (χ3n) is 7.18. The average Bonchev–Trinajstić information content (AvgIpc) is 3.31. The Balaban J connectivity index is 1.47. The Bertz CT molecular complexity index is 1830. The van der Waals surface area contributed by atoms with Gasteiger partial charge in [0.1, 0.15) is 29.1 Å². The molecule has 0 saturated carbocycles. The van der Waals surface area contributed by atoms with Crippen LogP contribution >= 0.6 is 0 Å². The normalized spacial score (nSPS) is 13.0. The molecule has 0 unspecified atom stereocenters. The summed E-state index contributed by atoms with van der Waals surface area (Å²) in [6.07, 6.45) is 0.532. The van der Waals surface area contributed by atoms with E-state index in [-0.39, 0.29) is 48.7 Å². The van der Waals surface area contributed by atoms with Gasteiger partial charge in [-0.05, 0) is 73.9 Å². The minimum atomic E-state index is -3.61. The fraction of sp³-hybridized carbons (Fsp3) is 0.294. The van der Waals surface area contributed by atoms with Crippen molar-refractivity contribution < 1.29 is 56.1 Å². The topological polar surface area (TPSA) is 177 Å². The van der Waals surface area contributed by atoms with Crippen LogP contribution in [0.1, 0.15) is 83.2 Å². The molecule has 0 radical (unpaired) electrons. The van der Waals surface area contributed by atoms with E-state index < -0.39 is 63.7 Å². The Morgan fingerprint density at radius 1 is 0.646 bits per heavy atom. The van der Waals surface area contributed by atoms with Crippen molar-refractivity contribution in [3.63, 3.8) is 0 Å². The number of hydrogen-bond donors (Lipinski definition) is 0. The van der Waals surface area contributed by atoms with Gasteiger partial charge in [0, 0.05) is 6.26 Å². The first kappa shape index (κ1) is 35.5. The predicted molar refractivity (Wildman–Crippen MR) is 169 cm³/mol. The van der Waals surface area contributed by atoms with E-state index in [0.29, 0.717) is 21.6 Å². The van der Waals surface area contributed by atoms with E-state index in [4.69, 9.17) is 18.9 Å². The standard InChI is InChI=1S/C34H33NO12S/c1-4-44-31(38)23-10-6-21(7-11-23)19-46-33(40)25-14-15-26-27(18-25)30(37)35(29(26)36)28(16-17-48(3,42)43)34(41)47-20-22-8-12-24(13-9-22)32(39)45-5-2/h6-15,18,28H,4-5,16-17,19-20H2,1-3H3/t28-/m1/s1. The van der Waals surface area contributed by atoms with E-state index in [1.54, 1.807) is 26.0 Å². The minimum Gasteiger partial charge on any atom is -0.462 e. The number of carbonyl (C=O) groups excluding carboxylic acids is 6. The molecule has 2 amide bonds. The summed E-state index contributed by atoms with van der Waals surface area (Å²) in [5.41, 5.74) is 1.40. The van der Waals surface area contributed by atoms with Crippen molar-refractivity contribution in [1.82, 2.24) is 4.90 Å². The second kappa shape index (κ2) is 15.5. The second-order valence-electron chi connectivity index (χ2n) is 10.7. The van der Waals surface area contributed by atoms with Crippen molar-refractivity contribution >= 4 is 45.5 Å². The number of rotatable bonds is 14. The largest absolute Gasteiger partial charge is 0.462 e. The summed E-state index contributed by atoms with van der Waals surface area (Å²) in [5.74, 6) is -5.11. The second-order valence-corrected chi connectivity index (χ2v) is 13.0. The molecule has 0 aliphatic carbocycles. The lowest BCUT2D eigenvalue weighted by molar-refractivity contribution is -0.149. The molecule has 1 aliphatic rings. The molecule has 1 atom stereocenters. The summed E-state index contributed by atoms with van der Waals surface area (Å²) in [7, 11) is -3.61. The van der Waals surface area contributed by atoms with Gasteiger partial charge in [-0.3, -0.25) is 14.5 Å². The number of amides is 2. The molecule has 14 heteroatoms. The monoisotopic (exact) mass is 679 g/mol. The number of carbonyl (C=O) groups is 6. The molecule has 252 valence electrons. The summed E-state index contributed by atoms with van der Waals surface area (Å²) in [4.78, 5) is 77.4. The molecular weight excluding hydrogens is 646 g/mol. The third-order valence-corrected chi connectivity index (χ3v) is 8.16. The fourth-order valence-electron chi connectivity index (χ4n) is 4.73. The van der Waals surface area contributed by atoms with Gasteiger partial charge in [0.25, 0.3) is 11.8 Å². The van der Waals surface area contributed by atoms with Crippen LogP contribution < -0.4 is 0 Å². The number of hydrogen-bond acceptors (Lipinski definition) is 12. The molecule has 0 spiro atoms. The van der Waals surface area contributed by atoms with Crippen molar-refractivity contribution in [3.05, 3.63) is 106 Å². The number of ether oxygens (including phenoxy) is 4. The maximum atomic E-state index is 13.5. The summed E-state index contributed by atoms with van der Waals surface area (Å²) < 4.78 is 44.6. The molecule has 48 heavy (non-hydrogen) atoms. The summed E-state index contributed by atoms with van der Waals surface area (Å²) >= 11 is 0. The Hall–Kier alpha value is -5.37. The predicted octanol–water partition coefficient (Wildman–Crippen LogP) is 3.54. The SMILES string of the molecule is CCOC(=O)c1ccc(COC(=O)c2ccc3c(c2)C(=O)N([C@H](CCS(C)(=O)=O)C(=O)OCc2ccc(C(=O)OCC)cc2)C3=O)cc1. The van der Waals surface area contributed by atoms with Crippen LogP contribution in [0.2, 0.25) is 0 Å². The van der Waals surface area contributed by atoms with Crippen LogP contribution in [0.15, 0.2) is 66.7 Å². The van der Waals surface area contributed by atoms with Crippen LogP contribution in [-0.2, 0) is 46.8 Å². The molecule has 0 aromatic heterocycles. The molecule has 0 fully saturated rings. The van der Waals surface area contributed by atoms with Crippen molar-refractivity contribution in [1.29, 1.82) is 0 Å². The molecular formula is C34H33NO12S. The molecule has 0 bridgehead atoms. The van der Waals surface area contributed by atoms with Crippen LogP contribution in [0.3, 0.4) is 0 Å². The van der Waals surface area contributed by atoms with Crippen molar-refractivity contribution in [2.45, 2.75) is 39.5 Å². The van der Waals surface area contributed by atoms with Gasteiger partial charge in [-0.15, -0.1) is 0 Å². The Morgan fingerprint density at radius 2 is 1.10 bits per heavy atom. The van der Waals surface area contributed by atoms with Crippen molar-refractivity contribution in [3.8, 4) is 0 Å². The van der Waals surface area contributed by atoms with Gasteiger partial charge < -0.3 is 18.9 Å². The number of benzene rings is 3. The van der Waals surface area contributed by atoms with Crippen molar-refractivity contribution in [2.24, 2.45) is 0 Å². The number of esters is 4. The molecule has 4 rings (SSSR count). The molecule has 3 aromatic rings. The lowest BCUT2D eigenvalue weighted by Crippen LogP contribution is -2.46. The fourth-order valence-corrected chi connectivity index (χ4v) is 5.38. The smallest absolute Gasteiger partial charge is 0.338 e. The zero-order chi connectivity index (χ0) is 35.0. The first-order valence-electron chi connectivity index (χ1n) is 14.9. The summed E-state index contributed by atoms with van der Waals surface area (Å²) in [5, 5.41) is 0. The highest BCUT2D eigenvalue weighted by Gasteiger charge is 2.44. The van der Waals surface area contributed by atoms with Crippen LogP contribution in [-0.4, -0.2) is 80.3 Å². The highest BCUT2D eigenvalue weighted by atomic mass is 32.2. The van der Waals surface area contributed by atoms with E-state index in [9.17, 15) is 37.2 Å². The van der Waals surface area contributed by atoms with Gasteiger partial charge in [-0.25, -0.2) is 27.6 Å². The van der Waals surface area contributed by atoms with Gasteiger partial charge in [0.05, 0.1) is 46.8 Å². The number of nitrogens with zero attached hydrogens (tertiary/aromatic N) is 1. The summed E-state index contributed by atoms with van der Waals surface area (Å²) in [6, 6.07) is 14.4. The summed E-state index contributed by atoms with van der Waals surface area (Å²) in [6.45, 7) is 3.35. The van der Waals surface area contributed by atoms with Gasteiger partial charge in [0.2, 0.25) is 0 Å². The zero-order valence-electron chi connectivity index (χ0n) is 26.4. The maximum absolute atomic E-state index is 13.5.